The zero-order valence-electron chi connectivity index (χ0n) is 13.5. The second-order valence-corrected chi connectivity index (χ2v) is 7.83. The van der Waals surface area contributed by atoms with Gasteiger partial charge in [0, 0.05) is 28.6 Å². The van der Waals surface area contributed by atoms with Crippen LogP contribution in [0.2, 0.25) is 0 Å². The van der Waals surface area contributed by atoms with Crippen LogP contribution in [0.1, 0.15) is 37.7 Å². The summed E-state index contributed by atoms with van der Waals surface area (Å²) in [5.41, 5.74) is 2.11. The van der Waals surface area contributed by atoms with Gasteiger partial charge >= 0.3 is 5.97 Å². The minimum atomic E-state index is -0.677. The zero-order valence-corrected chi connectivity index (χ0v) is 15.1. The predicted molar refractivity (Wildman–Crippen MR) is 96.8 cm³/mol. The number of aliphatic carboxylic acids is 1. The van der Waals surface area contributed by atoms with Gasteiger partial charge in [0.1, 0.15) is 6.04 Å². The van der Waals surface area contributed by atoms with Gasteiger partial charge < -0.3 is 5.11 Å². The highest BCUT2D eigenvalue weighted by Gasteiger charge is 2.45. The third kappa shape index (κ3) is 2.74. The summed E-state index contributed by atoms with van der Waals surface area (Å²) in [6.07, 6.45) is 7.38. The van der Waals surface area contributed by atoms with Crippen molar-refractivity contribution in [2.45, 2.75) is 50.7 Å². The van der Waals surface area contributed by atoms with Gasteiger partial charge in [-0.3, -0.25) is 14.7 Å². The number of rotatable bonds is 3. The van der Waals surface area contributed by atoms with Crippen LogP contribution in [0, 0.1) is 5.92 Å². The molecule has 1 aromatic carbocycles. The Hall–Kier alpha value is -1.46. The number of aromatic nitrogens is 1. The van der Waals surface area contributed by atoms with Crippen LogP contribution in [-0.4, -0.2) is 33.0 Å². The van der Waals surface area contributed by atoms with Gasteiger partial charge in [-0.25, -0.2) is 0 Å². The summed E-state index contributed by atoms with van der Waals surface area (Å²) in [6.45, 7) is 0.688. The van der Waals surface area contributed by atoms with Gasteiger partial charge in [-0.2, -0.15) is 0 Å². The van der Waals surface area contributed by atoms with E-state index in [1.165, 1.54) is 24.8 Å². The van der Waals surface area contributed by atoms with Crippen molar-refractivity contribution in [1.29, 1.82) is 0 Å². The van der Waals surface area contributed by atoms with E-state index in [1.807, 2.05) is 24.4 Å². The van der Waals surface area contributed by atoms with Gasteiger partial charge in [-0.1, -0.05) is 25.0 Å². The Morgan fingerprint density at radius 3 is 2.96 bits per heavy atom. The molecule has 2 fully saturated rings. The minimum Gasteiger partial charge on any atom is -0.480 e. The Bertz CT molecular complexity index is 779. The van der Waals surface area contributed by atoms with E-state index in [4.69, 9.17) is 0 Å². The maximum absolute atomic E-state index is 11.8. The molecule has 1 saturated carbocycles. The number of nitrogens with zero attached hydrogens (tertiary/aromatic N) is 2. The van der Waals surface area contributed by atoms with Crippen molar-refractivity contribution in [2.75, 3.05) is 0 Å². The normalized spacial score (nSPS) is 27.3. The highest BCUT2D eigenvalue weighted by molar-refractivity contribution is 9.10. The Balaban J connectivity index is 1.70. The number of para-hydroxylation sites is 1. The highest BCUT2D eigenvalue weighted by atomic mass is 79.9. The molecule has 1 saturated heterocycles. The SMILES string of the molecule is O=C(O)C1CC2CCCCC2N1Cc1ccnc2c(Br)cccc12. The molecular weight excluding hydrogens is 368 g/mol. The molecule has 1 aromatic heterocycles. The first-order chi connectivity index (χ1) is 11.6. The van der Waals surface area contributed by atoms with Crippen molar-refractivity contribution < 1.29 is 9.90 Å². The van der Waals surface area contributed by atoms with Crippen LogP contribution >= 0.6 is 15.9 Å². The van der Waals surface area contributed by atoms with Gasteiger partial charge in [-0.15, -0.1) is 0 Å². The van der Waals surface area contributed by atoms with E-state index in [-0.39, 0.29) is 6.04 Å². The van der Waals surface area contributed by atoms with Gasteiger partial charge in [0.05, 0.1) is 5.52 Å². The third-order valence-electron chi connectivity index (χ3n) is 5.67. The number of likely N-dealkylation sites (tertiary alicyclic amines) is 1. The van der Waals surface area contributed by atoms with Gasteiger partial charge in [0.15, 0.2) is 0 Å². The first-order valence-corrected chi connectivity index (χ1v) is 9.45. The van der Waals surface area contributed by atoms with E-state index in [9.17, 15) is 9.90 Å². The van der Waals surface area contributed by atoms with Crippen LogP contribution in [-0.2, 0) is 11.3 Å². The maximum Gasteiger partial charge on any atom is 0.320 e. The molecule has 2 heterocycles. The average Bonchev–Trinajstić information content (AvgIpc) is 2.95. The van der Waals surface area contributed by atoms with Crippen LogP contribution < -0.4 is 0 Å². The number of carboxylic acids is 1. The molecule has 4 rings (SSSR count). The molecule has 3 atom stereocenters. The zero-order chi connectivity index (χ0) is 16.7. The molecule has 126 valence electrons. The number of pyridine rings is 1. The predicted octanol–water partition coefficient (Wildman–Crippen LogP) is 4.22. The van der Waals surface area contributed by atoms with E-state index in [0.717, 1.165) is 28.2 Å². The van der Waals surface area contributed by atoms with Crippen LogP contribution in [0.15, 0.2) is 34.9 Å². The molecule has 0 bridgehead atoms. The van der Waals surface area contributed by atoms with E-state index in [1.54, 1.807) is 0 Å². The van der Waals surface area contributed by atoms with E-state index in [0.29, 0.717) is 18.5 Å². The lowest BCUT2D eigenvalue weighted by Crippen LogP contribution is -2.41. The number of halogens is 1. The second-order valence-electron chi connectivity index (χ2n) is 6.98. The molecule has 0 radical (unpaired) electrons. The van der Waals surface area contributed by atoms with Crippen LogP contribution in [0.5, 0.6) is 0 Å². The lowest BCUT2D eigenvalue weighted by atomic mass is 9.84. The Morgan fingerprint density at radius 2 is 2.12 bits per heavy atom. The molecule has 2 aromatic rings. The standard InChI is InChI=1S/C19H21BrN2O2/c20-15-6-3-5-14-13(8-9-21-18(14)15)11-22-16-7-2-1-4-12(16)10-17(22)19(23)24/h3,5-6,8-9,12,16-17H,1-2,4,7,10-11H2,(H,23,24). The van der Waals surface area contributed by atoms with Gasteiger partial charge in [-0.05, 0) is 58.8 Å². The fourth-order valence-corrected chi connectivity index (χ4v) is 5.02. The van der Waals surface area contributed by atoms with E-state index >= 15 is 0 Å². The number of carboxylic acid groups (broad SMARTS) is 1. The second kappa shape index (κ2) is 6.45. The molecule has 4 nitrogen and oxygen atoms in total. The summed E-state index contributed by atoms with van der Waals surface area (Å²) >= 11 is 3.56. The monoisotopic (exact) mass is 388 g/mol. The molecule has 5 heteroatoms. The lowest BCUT2D eigenvalue weighted by molar-refractivity contribution is -0.142. The molecule has 24 heavy (non-hydrogen) atoms. The summed E-state index contributed by atoms with van der Waals surface area (Å²) in [5, 5.41) is 10.8. The maximum atomic E-state index is 11.8. The van der Waals surface area contributed by atoms with Crippen molar-refractivity contribution >= 4 is 32.8 Å². The number of benzene rings is 1. The summed E-state index contributed by atoms with van der Waals surface area (Å²) in [4.78, 5) is 18.5. The minimum absolute atomic E-state index is 0.353. The van der Waals surface area contributed by atoms with Gasteiger partial charge in [0.2, 0.25) is 0 Å². The number of carbonyl (C=O) groups is 1. The summed E-state index contributed by atoms with van der Waals surface area (Å²) < 4.78 is 0.980. The smallest absolute Gasteiger partial charge is 0.320 e. The van der Waals surface area contributed by atoms with Crippen molar-refractivity contribution in [1.82, 2.24) is 9.88 Å². The van der Waals surface area contributed by atoms with Crippen molar-refractivity contribution in [3.8, 4) is 0 Å². The molecule has 0 spiro atoms. The summed E-state index contributed by atoms with van der Waals surface area (Å²) in [7, 11) is 0. The van der Waals surface area contributed by atoms with Gasteiger partial charge in [0.25, 0.3) is 0 Å². The molecule has 2 aliphatic rings. The topological polar surface area (TPSA) is 53.4 Å². The fourth-order valence-electron chi connectivity index (χ4n) is 4.55. The average molecular weight is 389 g/mol. The van der Waals surface area contributed by atoms with Crippen LogP contribution in [0.3, 0.4) is 0 Å². The van der Waals surface area contributed by atoms with E-state index < -0.39 is 5.97 Å². The van der Waals surface area contributed by atoms with Crippen molar-refractivity contribution in [3.05, 3.63) is 40.5 Å². The highest BCUT2D eigenvalue weighted by Crippen LogP contribution is 2.41. The quantitative estimate of drug-likeness (QED) is 0.854. The molecule has 0 amide bonds. The molecule has 1 aliphatic heterocycles. The molecular formula is C19H21BrN2O2. The van der Waals surface area contributed by atoms with Crippen molar-refractivity contribution in [3.63, 3.8) is 0 Å². The molecule has 1 N–H and O–H groups in total. The first kappa shape index (κ1) is 16.0. The number of hydrogen-bond donors (Lipinski definition) is 1. The first-order valence-electron chi connectivity index (χ1n) is 8.66. The Labute approximate surface area is 150 Å². The van der Waals surface area contributed by atoms with Crippen LogP contribution in [0.4, 0.5) is 0 Å². The summed E-state index contributed by atoms with van der Waals surface area (Å²) in [5.74, 6) is -0.136. The summed E-state index contributed by atoms with van der Waals surface area (Å²) in [6, 6.07) is 8.17. The van der Waals surface area contributed by atoms with Crippen LogP contribution in [0.25, 0.3) is 10.9 Å². The van der Waals surface area contributed by atoms with E-state index in [2.05, 4.69) is 31.9 Å². The number of hydrogen-bond acceptors (Lipinski definition) is 3. The lowest BCUT2D eigenvalue weighted by Gasteiger charge is -2.33. The number of fused-ring (bicyclic) bond motifs is 2. The van der Waals surface area contributed by atoms with Crippen molar-refractivity contribution in [2.24, 2.45) is 5.92 Å². The fraction of sp³-hybridized carbons (Fsp3) is 0.474. The Kier molecular flexibility index (Phi) is 4.31. The largest absolute Gasteiger partial charge is 0.480 e. The molecule has 1 aliphatic carbocycles. The molecule has 3 unspecified atom stereocenters. The Morgan fingerprint density at radius 1 is 1.29 bits per heavy atom. The third-order valence-corrected chi connectivity index (χ3v) is 6.31.